The van der Waals surface area contributed by atoms with Crippen LogP contribution < -0.4 is 5.32 Å². The Labute approximate surface area is 132 Å². The van der Waals surface area contributed by atoms with E-state index in [0.29, 0.717) is 6.54 Å². The standard InChI is InChI=1S/C17H25N3O2/c1-14-6-9-20(10-7-14)13-16(21)12-19-17(22)5-4-15-3-2-8-18-11-15/h2-5,8,11,14,16,21H,6-7,9-10,12-13H2,1H3,(H,19,22)/b5-4+. The van der Waals surface area contributed by atoms with Gasteiger partial charge in [0, 0.05) is 31.6 Å². The molecule has 0 saturated carbocycles. The number of hydrogen-bond acceptors (Lipinski definition) is 4. The second-order valence-corrected chi connectivity index (χ2v) is 6.00. The molecule has 22 heavy (non-hydrogen) atoms. The highest BCUT2D eigenvalue weighted by Crippen LogP contribution is 2.15. The third kappa shape index (κ3) is 5.95. The van der Waals surface area contributed by atoms with Crippen molar-refractivity contribution in [3.8, 4) is 0 Å². The molecule has 1 aromatic heterocycles. The van der Waals surface area contributed by atoms with Crippen LogP contribution >= 0.6 is 0 Å². The summed E-state index contributed by atoms with van der Waals surface area (Å²) in [6.45, 7) is 5.24. The fourth-order valence-electron chi connectivity index (χ4n) is 2.53. The van der Waals surface area contributed by atoms with E-state index in [4.69, 9.17) is 0 Å². The van der Waals surface area contributed by atoms with Crippen LogP contribution in [0.5, 0.6) is 0 Å². The van der Waals surface area contributed by atoms with Crippen molar-refractivity contribution in [3.05, 3.63) is 36.2 Å². The molecule has 0 spiro atoms. The van der Waals surface area contributed by atoms with Gasteiger partial charge in [0.15, 0.2) is 0 Å². The highest BCUT2D eigenvalue weighted by molar-refractivity contribution is 5.91. The average molecular weight is 303 g/mol. The highest BCUT2D eigenvalue weighted by Gasteiger charge is 2.18. The van der Waals surface area contributed by atoms with E-state index in [9.17, 15) is 9.90 Å². The lowest BCUT2D eigenvalue weighted by Crippen LogP contribution is -2.42. The van der Waals surface area contributed by atoms with Crippen LogP contribution in [-0.2, 0) is 4.79 Å². The molecule has 1 unspecified atom stereocenters. The fourth-order valence-corrected chi connectivity index (χ4v) is 2.53. The van der Waals surface area contributed by atoms with Gasteiger partial charge in [-0.15, -0.1) is 0 Å². The van der Waals surface area contributed by atoms with Crippen LogP contribution in [0.3, 0.4) is 0 Å². The first-order valence-corrected chi connectivity index (χ1v) is 7.90. The quantitative estimate of drug-likeness (QED) is 0.778. The molecule has 1 saturated heterocycles. The highest BCUT2D eigenvalue weighted by atomic mass is 16.3. The first-order valence-electron chi connectivity index (χ1n) is 7.90. The van der Waals surface area contributed by atoms with Crippen molar-refractivity contribution < 1.29 is 9.90 Å². The summed E-state index contributed by atoms with van der Waals surface area (Å²) in [5.41, 5.74) is 0.876. The summed E-state index contributed by atoms with van der Waals surface area (Å²) >= 11 is 0. The summed E-state index contributed by atoms with van der Waals surface area (Å²) in [6.07, 6.45) is 8.40. The number of aliphatic hydroxyl groups excluding tert-OH is 1. The molecule has 5 nitrogen and oxygen atoms in total. The van der Waals surface area contributed by atoms with E-state index < -0.39 is 6.10 Å². The van der Waals surface area contributed by atoms with Gasteiger partial charge in [0.25, 0.3) is 0 Å². The van der Waals surface area contributed by atoms with Crippen LogP contribution in [0.15, 0.2) is 30.6 Å². The largest absolute Gasteiger partial charge is 0.390 e. The summed E-state index contributed by atoms with van der Waals surface area (Å²) in [6, 6.07) is 3.70. The molecule has 2 heterocycles. The number of aromatic nitrogens is 1. The van der Waals surface area contributed by atoms with E-state index >= 15 is 0 Å². The number of carbonyl (C=O) groups is 1. The second kappa shape index (κ2) is 8.66. The molecule has 1 aromatic rings. The lowest BCUT2D eigenvalue weighted by molar-refractivity contribution is -0.116. The lowest BCUT2D eigenvalue weighted by atomic mass is 9.99. The molecule has 120 valence electrons. The minimum absolute atomic E-state index is 0.199. The van der Waals surface area contributed by atoms with Crippen molar-refractivity contribution in [1.29, 1.82) is 0 Å². The number of aliphatic hydroxyl groups is 1. The Morgan fingerprint density at radius 3 is 3.00 bits per heavy atom. The molecule has 0 aliphatic carbocycles. The molecule has 0 aromatic carbocycles. The molecule has 0 radical (unpaired) electrons. The zero-order valence-electron chi connectivity index (χ0n) is 13.1. The number of amides is 1. The molecule has 1 atom stereocenters. The second-order valence-electron chi connectivity index (χ2n) is 6.00. The number of likely N-dealkylation sites (tertiary alicyclic amines) is 1. The predicted molar refractivity (Wildman–Crippen MR) is 87.1 cm³/mol. The number of nitrogens with zero attached hydrogens (tertiary/aromatic N) is 2. The van der Waals surface area contributed by atoms with Crippen LogP contribution in [0.25, 0.3) is 6.08 Å². The monoisotopic (exact) mass is 303 g/mol. The van der Waals surface area contributed by atoms with E-state index in [-0.39, 0.29) is 12.5 Å². The smallest absolute Gasteiger partial charge is 0.244 e. The third-order valence-corrected chi connectivity index (χ3v) is 3.97. The fraction of sp³-hybridized carbons (Fsp3) is 0.529. The molecule has 5 heteroatoms. The first kappa shape index (κ1) is 16.6. The van der Waals surface area contributed by atoms with Gasteiger partial charge >= 0.3 is 0 Å². The van der Waals surface area contributed by atoms with Gasteiger partial charge in [0.05, 0.1) is 6.10 Å². The number of hydrogen-bond donors (Lipinski definition) is 2. The molecule has 1 aliphatic heterocycles. The maximum Gasteiger partial charge on any atom is 0.244 e. The normalized spacial score (nSPS) is 18.5. The molecular formula is C17H25N3O2. The van der Waals surface area contributed by atoms with Crippen LogP contribution in [0.2, 0.25) is 0 Å². The Balaban J connectivity index is 1.66. The van der Waals surface area contributed by atoms with Crippen molar-refractivity contribution in [3.63, 3.8) is 0 Å². The number of nitrogens with one attached hydrogen (secondary N) is 1. The van der Waals surface area contributed by atoms with Gasteiger partial charge in [-0.3, -0.25) is 9.78 Å². The van der Waals surface area contributed by atoms with Crippen molar-refractivity contribution in [2.45, 2.75) is 25.9 Å². The summed E-state index contributed by atoms with van der Waals surface area (Å²) in [7, 11) is 0. The van der Waals surface area contributed by atoms with Crippen LogP contribution in [0, 0.1) is 5.92 Å². The predicted octanol–water partition coefficient (Wildman–Crippen LogP) is 1.30. The van der Waals surface area contributed by atoms with Crippen molar-refractivity contribution >= 4 is 12.0 Å². The molecule has 1 amide bonds. The summed E-state index contributed by atoms with van der Waals surface area (Å²) < 4.78 is 0. The van der Waals surface area contributed by atoms with Crippen LogP contribution in [-0.4, -0.2) is 53.2 Å². The number of β-amino-alcohol motifs (C(OH)–C–C–N with tert-alkyl or cyclic N) is 1. The van der Waals surface area contributed by atoms with E-state index in [1.165, 1.54) is 18.9 Å². The van der Waals surface area contributed by atoms with E-state index in [2.05, 4.69) is 22.1 Å². The summed E-state index contributed by atoms with van der Waals surface area (Å²) in [4.78, 5) is 18.0. The number of rotatable bonds is 6. The molecule has 2 N–H and O–H groups in total. The number of piperidine rings is 1. The minimum Gasteiger partial charge on any atom is -0.390 e. The number of pyridine rings is 1. The molecule has 1 fully saturated rings. The van der Waals surface area contributed by atoms with Crippen LogP contribution in [0.4, 0.5) is 0 Å². The Morgan fingerprint density at radius 2 is 2.32 bits per heavy atom. The van der Waals surface area contributed by atoms with Crippen molar-refractivity contribution in [2.24, 2.45) is 5.92 Å². The maximum absolute atomic E-state index is 11.7. The third-order valence-electron chi connectivity index (χ3n) is 3.97. The van der Waals surface area contributed by atoms with E-state index in [0.717, 1.165) is 24.6 Å². The Hall–Kier alpha value is -1.72. The number of carbonyl (C=O) groups excluding carboxylic acids is 1. The zero-order chi connectivity index (χ0) is 15.8. The Bertz CT molecular complexity index is 482. The van der Waals surface area contributed by atoms with Crippen molar-refractivity contribution in [1.82, 2.24) is 15.2 Å². The SMILES string of the molecule is CC1CCN(CC(O)CNC(=O)/C=C/c2cccnc2)CC1. The Kier molecular flexibility index (Phi) is 6.55. The van der Waals surface area contributed by atoms with Crippen LogP contribution in [0.1, 0.15) is 25.3 Å². The Morgan fingerprint density at radius 1 is 1.55 bits per heavy atom. The topological polar surface area (TPSA) is 65.5 Å². The van der Waals surface area contributed by atoms with Gasteiger partial charge in [-0.1, -0.05) is 13.0 Å². The maximum atomic E-state index is 11.7. The van der Waals surface area contributed by atoms with Gasteiger partial charge < -0.3 is 15.3 Å². The molecule has 1 aliphatic rings. The van der Waals surface area contributed by atoms with E-state index in [1.54, 1.807) is 18.5 Å². The van der Waals surface area contributed by atoms with Gasteiger partial charge in [-0.05, 0) is 49.6 Å². The van der Waals surface area contributed by atoms with Gasteiger partial charge in [0.1, 0.15) is 0 Å². The lowest BCUT2D eigenvalue weighted by Gasteiger charge is -2.31. The van der Waals surface area contributed by atoms with Crippen molar-refractivity contribution in [2.75, 3.05) is 26.2 Å². The minimum atomic E-state index is -0.524. The molecule has 0 bridgehead atoms. The average Bonchev–Trinajstić information content (AvgIpc) is 2.54. The molecular weight excluding hydrogens is 278 g/mol. The van der Waals surface area contributed by atoms with Gasteiger partial charge in [0.2, 0.25) is 5.91 Å². The first-order chi connectivity index (χ1) is 10.6. The van der Waals surface area contributed by atoms with Gasteiger partial charge in [-0.2, -0.15) is 0 Å². The molecule has 2 rings (SSSR count). The van der Waals surface area contributed by atoms with Gasteiger partial charge in [-0.25, -0.2) is 0 Å². The summed E-state index contributed by atoms with van der Waals surface area (Å²) in [5.74, 6) is 0.584. The zero-order valence-corrected chi connectivity index (χ0v) is 13.1. The summed E-state index contributed by atoms with van der Waals surface area (Å²) in [5, 5.41) is 12.7. The van der Waals surface area contributed by atoms with E-state index in [1.807, 2.05) is 12.1 Å².